The van der Waals surface area contributed by atoms with Crippen LogP contribution in [0.1, 0.15) is 30.5 Å². The molecule has 1 aromatic rings. The third-order valence-electron chi connectivity index (χ3n) is 3.71. The summed E-state index contributed by atoms with van der Waals surface area (Å²) in [6.07, 6.45) is 2.21. The molecule has 0 amide bonds. The first-order valence-electron chi connectivity index (χ1n) is 7.05. The first-order valence-corrected chi connectivity index (χ1v) is 7.46. The van der Waals surface area contributed by atoms with Gasteiger partial charge >= 0.3 is 0 Å². The van der Waals surface area contributed by atoms with Gasteiger partial charge in [0, 0.05) is 19.6 Å². The highest BCUT2D eigenvalue weighted by atomic mass is 32.1. The molecule has 4 heteroatoms. The second kappa shape index (κ2) is 6.98. The van der Waals surface area contributed by atoms with E-state index in [2.05, 4.69) is 41.4 Å². The third-order valence-corrected chi connectivity index (χ3v) is 3.94. The highest BCUT2D eigenvalue weighted by molar-refractivity contribution is 7.80. The Bertz CT molecular complexity index is 408. The van der Waals surface area contributed by atoms with E-state index in [0.717, 1.165) is 39.0 Å². The Labute approximate surface area is 121 Å². The number of thiocarbonyl (C=S) groups is 1. The number of nitrogens with zero attached hydrogens (tertiary/aromatic N) is 1. The molecule has 1 atom stereocenters. The van der Waals surface area contributed by atoms with Gasteiger partial charge in [0.05, 0.1) is 11.0 Å². The molecule has 0 saturated carbocycles. The summed E-state index contributed by atoms with van der Waals surface area (Å²) in [6.45, 7) is 6.30. The van der Waals surface area contributed by atoms with Crippen molar-refractivity contribution in [1.29, 1.82) is 0 Å². The van der Waals surface area contributed by atoms with Crippen LogP contribution in [0.3, 0.4) is 0 Å². The van der Waals surface area contributed by atoms with Gasteiger partial charge in [0.2, 0.25) is 0 Å². The van der Waals surface area contributed by atoms with Crippen molar-refractivity contribution in [2.45, 2.75) is 25.8 Å². The standard InChI is InChI=1S/C15H23N3S/c1-2-12-4-6-13(7-5-12)14(15(16)19)18-10-3-8-17-9-11-18/h4-7,14,17H,2-3,8-11H2,1H3,(H2,16,19). The molecule has 1 heterocycles. The fourth-order valence-electron chi connectivity index (χ4n) is 2.62. The molecule has 1 fully saturated rings. The second-order valence-corrected chi connectivity index (χ2v) is 5.51. The topological polar surface area (TPSA) is 41.3 Å². The molecule has 3 nitrogen and oxygen atoms in total. The zero-order valence-corrected chi connectivity index (χ0v) is 12.4. The minimum Gasteiger partial charge on any atom is -0.392 e. The molecule has 0 aromatic heterocycles. The van der Waals surface area contributed by atoms with Crippen LogP contribution in [0.15, 0.2) is 24.3 Å². The zero-order valence-electron chi connectivity index (χ0n) is 11.6. The number of aryl methyl sites for hydroxylation is 1. The highest BCUT2D eigenvalue weighted by Gasteiger charge is 2.23. The smallest absolute Gasteiger partial charge is 0.0948 e. The fraction of sp³-hybridized carbons (Fsp3) is 0.533. The minimum absolute atomic E-state index is 0.0702. The average Bonchev–Trinajstić information content (AvgIpc) is 2.68. The Morgan fingerprint density at radius 2 is 2.05 bits per heavy atom. The summed E-state index contributed by atoms with van der Waals surface area (Å²) < 4.78 is 0. The molecule has 0 aliphatic carbocycles. The third kappa shape index (κ3) is 3.75. The molecule has 1 aliphatic heterocycles. The SMILES string of the molecule is CCc1ccc(C(C(N)=S)N2CCCNCC2)cc1. The normalized spacial score (nSPS) is 18.8. The Morgan fingerprint density at radius 1 is 1.32 bits per heavy atom. The van der Waals surface area contributed by atoms with Crippen molar-refractivity contribution in [3.05, 3.63) is 35.4 Å². The number of rotatable bonds is 4. The van der Waals surface area contributed by atoms with Crippen molar-refractivity contribution >= 4 is 17.2 Å². The van der Waals surface area contributed by atoms with Gasteiger partial charge in [0.25, 0.3) is 0 Å². The van der Waals surface area contributed by atoms with Crippen molar-refractivity contribution in [2.75, 3.05) is 26.2 Å². The molecule has 2 rings (SSSR count). The highest BCUT2D eigenvalue weighted by Crippen LogP contribution is 2.22. The van der Waals surface area contributed by atoms with E-state index < -0.39 is 0 Å². The summed E-state index contributed by atoms with van der Waals surface area (Å²) in [5.41, 5.74) is 8.55. The molecule has 1 aromatic carbocycles. The van der Waals surface area contributed by atoms with Crippen LogP contribution in [0, 0.1) is 0 Å². The van der Waals surface area contributed by atoms with E-state index >= 15 is 0 Å². The summed E-state index contributed by atoms with van der Waals surface area (Å²) in [7, 11) is 0. The van der Waals surface area contributed by atoms with Crippen molar-refractivity contribution in [2.24, 2.45) is 5.73 Å². The second-order valence-electron chi connectivity index (χ2n) is 5.04. The van der Waals surface area contributed by atoms with Crippen molar-refractivity contribution < 1.29 is 0 Å². The van der Waals surface area contributed by atoms with Gasteiger partial charge in [0.15, 0.2) is 0 Å². The van der Waals surface area contributed by atoms with E-state index in [4.69, 9.17) is 18.0 Å². The predicted octanol–water partition coefficient (Wildman–Crippen LogP) is 1.87. The van der Waals surface area contributed by atoms with Gasteiger partial charge in [-0.2, -0.15) is 0 Å². The van der Waals surface area contributed by atoms with Crippen LogP contribution in [0.2, 0.25) is 0 Å². The van der Waals surface area contributed by atoms with Crippen LogP contribution in [-0.2, 0) is 6.42 Å². The van der Waals surface area contributed by atoms with Crippen LogP contribution in [-0.4, -0.2) is 36.1 Å². The molecule has 19 heavy (non-hydrogen) atoms. The molecule has 1 unspecified atom stereocenters. The number of nitrogens with one attached hydrogen (secondary N) is 1. The summed E-state index contributed by atoms with van der Waals surface area (Å²) in [4.78, 5) is 2.97. The van der Waals surface area contributed by atoms with Crippen molar-refractivity contribution in [1.82, 2.24) is 10.2 Å². The average molecular weight is 277 g/mol. The molecule has 0 spiro atoms. The maximum atomic E-state index is 5.99. The van der Waals surface area contributed by atoms with Crippen LogP contribution >= 0.6 is 12.2 Å². The van der Waals surface area contributed by atoms with Crippen LogP contribution < -0.4 is 11.1 Å². The van der Waals surface area contributed by atoms with Gasteiger partial charge in [-0.1, -0.05) is 43.4 Å². The first kappa shape index (κ1) is 14.4. The maximum absolute atomic E-state index is 5.99. The Hall–Kier alpha value is -0.970. The monoisotopic (exact) mass is 277 g/mol. The van der Waals surface area contributed by atoms with E-state index in [-0.39, 0.29) is 6.04 Å². The summed E-state index contributed by atoms with van der Waals surface area (Å²) in [6, 6.07) is 8.76. The molecule has 3 N–H and O–H groups in total. The Kier molecular flexibility index (Phi) is 5.31. The van der Waals surface area contributed by atoms with Gasteiger partial charge < -0.3 is 11.1 Å². The number of nitrogens with two attached hydrogens (primary N) is 1. The van der Waals surface area contributed by atoms with Crippen molar-refractivity contribution in [3.8, 4) is 0 Å². The van der Waals surface area contributed by atoms with Gasteiger partial charge in [-0.15, -0.1) is 0 Å². The number of hydrogen-bond acceptors (Lipinski definition) is 3. The maximum Gasteiger partial charge on any atom is 0.0948 e. The van der Waals surface area contributed by atoms with Crippen molar-refractivity contribution in [3.63, 3.8) is 0 Å². The lowest BCUT2D eigenvalue weighted by Crippen LogP contribution is -2.39. The molecular formula is C15H23N3S. The number of hydrogen-bond donors (Lipinski definition) is 2. The van der Waals surface area contributed by atoms with Crippen LogP contribution in [0.25, 0.3) is 0 Å². The van der Waals surface area contributed by atoms with E-state index in [9.17, 15) is 0 Å². The summed E-state index contributed by atoms with van der Waals surface area (Å²) in [5.74, 6) is 0. The van der Waals surface area contributed by atoms with E-state index in [0.29, 0.717) is 4.99 Å². The lowest BCUT2D eigenvalue weighted by atomic mass is 10.0. The molecule has 1 aliphatic rings. The summed E-state index contributed by atoms with van der Waals surface area (Å²) in [5, 5.41) is 3.41. The van der Waals surface area contributed by atoms with E-state index in [1.54, 1.807) is 0 Å². The van der Waals surface area contributed by atoms with Gasteiger partial charge in [0.1, 0.15) is 0 Å². The van der Waals surface area contributed by atoms with Crippen LogP contribution in [0.5, 0.6) is 0 Å². The predicted molar refractivity (Wildman–Crippen MR) is 84.4 cm³/mol. The van der Waals surface area contributed by atoms with Gasteiger partial charge in [-0.05, 0) is 30.5 Å². The van der Waals surface area contributed by atoms with Gasteiger partial charge in [-0.3, -0.25) is 4.90 Å². The molecular weight excluding hydrogens is 254 g/mol. The lowest BCUT2D eigenvalue weighted by molar-refractivity contribution is 0.261. The number of benzene rings is 1. The fourth-order valence-corrected chi connectivity index (χ4v) is 2.90. The quantitative estimate of drug-likeness (QED) is 0.825. The van der Waals surface area contributed by atoms with Crippen LogP contribution in [0.4, 0.5) is 0 Å². The largest absolute Gasteiger partial charge is 0.392 e. The molecule has 104 valence electrons. The Balaban J connectivity index is 2.20. The Morgan fingerprint density at radius 3 is 2.68 bits per heavy atom. The molecule has 1 saturated heterocycles. The molecule has 0 bridgehead atoms. The minimum atomic E-state index is 0.0702. The first-order chi connectivity index (χ1) is 9.22. The summed E-state index contributed by atoms with van der Waals surface area (Å²) >= 11 is 5.30. The zero-order chi connectivity index (χ0) is 13.7. The molecule has 0 radical (unpaired) electrons. The van der Waals surface area contributed by atoms with E-state index in [1.807, 2.05) is 0 Å². The van der Waals surface area contributed by atoms with E-state index in [1.165, 1.54) is 11.1 Å². The van der Waals surface area contributed by atoms with Gasteiger partial charge in [-0.25, -0.2) is 0 Å². The lowest BCUT2D eigenvalue weighted by Gasteiger charge is -2.30.